The maximum absolute atomic E-state index is 10.9. The van der Waals surface area contributed by atoms with Crippen molar-refractivity contribution in [3.8, 4) is 0 Å². The van der Waals surface area contributed by atoms with E-state index in [9.17, 15) is 4.79 Å². The Balaban J connectivity index is 2.17. The van der Waals surface area contributed by atoms with Crippen molar-refractivity contribution < 1.29 is 4.79 Å². The fourth-order valence-electron chi connectivity index (χ4n) is 1.35. The molecule has 1 atom stereocenters. The third-order valence-electron chi connectivity index (χ3n) is 2.05. The predicted molar refractivity (Wildman–Crippen MR) is 52.8 cm³/mol. The first-order valence-electron chi connectivity index (χ1n) is 4.05. The van der Waals surface area contributed by atoms with E-state index in [0.717, 1.165) is 10.0 Å². The van der Waals surface area contributed by atoms with Gasteiger partial charge in [0.15, 0.2) is 0 Å². The van der Waals surface area contributed by atoms with Crippen molar-refractivity contribution >= 4 is 21.8 Å². The van der Waals surface area contributed by atoms with Crippen LogP contribution in [0, 0.1) is 0 Å². The summed E-state index contributed by atoms with van der Waals surface area (Å²) < 4.78 is 1.05. The first-order chi connectivity index (χ1) is 6.25. The molecule has 1 aliphatic heterocycles. The molecule has 2 N–H and O–H groups in total. The van der Waals surface area contributed by atoms with E-state index in [-0.39, 0.29) is 11.9 Å². The second-order valence-corrected chi connectivity index (χ2v) is 3.92. The Hall–Kier alpha value is -0.870. The molecule has 0 spiro atoms. The number of carbonyl (C=O) groups excluding carboxylic acids is 1. The zero-order valence-electron chi connectivity index (χ0n) is 6.88. The van der Waals surface area contributed by atoms with Gasteiger partial charge < -0.3 is 0 Å². The summed E-state index contributed by atoms with van der Waals surface area (Å²) in [5.74, 6) is 0.0490. The van der Waals surface area contributed by atoms with Crippen molar-refractivity contribution in [2.45, 2.75) is 12.5 Å². The van der Waals surface area contributed by atoms with Gasteiger partial charge in [0.2, 0.25) is 5.91 Å². The largest absolute Gasteiger partial charge is 0.291 e. The number of halogens is 1. The molecule has 0 saturated carbocycles. The lowest BCUT2D eigenvalue weighted by Crippen LogP contribution is -2.27. The van der Waals surface area contributed by atoms with Gasteiger partial charge in [-0.25, -0.2) is 5.43 Å². The molecule has 0 aliphatic carbocycles. The number of nitrogens with one attached hydrogen (secondary N) is 2. The van der Waals surface area contributed by atoms with Crippen LogP contribution in [-0.4, -0.2) is 5.91 Å². The van der Waals surface area contributed by atoms with Gasteiger partial charge in [0.05, 0.1) is 6.04 Å². The van der Waals surface area contributed by atoms with E-state index < -0.39 is 0 Å². The summed E-state index contributed by atoms with van der Waals surface area (Å²) in [6, 6.07) is 8.06. The van der Waals surface area contributed by atoms with E-state index in [1.54, 1.807) is 0 Å². The Morgan fingerprint density at radius 3 is 2.54 bits per heavy atom. The van der Waals surface area contributed by atoms with Crippen molar-refractivity contribution in [1.29, 1.82) is 0 Å². The Morgan fingerprint density at radius 1 is 1.31 bits per heavy atom. The molecule has 1 aromatic rings. The fraction of sp³-hybridized carbons (Fsp3) is 0.222. The van der Waals surface area contributed by atoms with Gasteiger partial charge in [0.25, 0.3) is 0 Å². The average molecular weight is 241 g/mol. The van der Waals surface area contributed by atoms with Crippen LogP contribution in [0.25, 0.3) is 0 Å². The molecular weight excluding hydrogens is 232 g/mol. The third kappa shape index (κ3) is 1.89. The van der Waals surface area contributed by atoms with Crippen LogP contribution in [0.1, 0.15) is 18.0 Å². The van der Waals surface area contributed by atoms with Gasteiger partial charge in [0.1, 0.15) is 0 Å². The summed E-state index contributed by atoms with van der Waals surface area (Å²) in [5.41, 5.74) is 6.64. The molecular formula is C9H9BrN2O. The predicted octanol–water partition coefficient (Wildman–Crippen LogP) is 1.51. The van der Waals surface area contributed by atoms with Crippen molar-refractivity contribution in [3.63, 3.8) is 0 Å². The number of benzene rings is 1. The number of amides is 1. The second-order valence-electron chi connectivity index (χ2n) is 3.00. The van der Waals surface area contributed by atoms with Crippen molar-refractivity contribution in [2.75, 3.05) is 0 Å². The lowest BCUT2D eigenvalue weighted by molar-refractivity contribution is -0.119. The number of carbonyl (C=O) groups is 1. The molecule has 1 heterocycles. The van der Waals surface area contributed by atoms with Gasteiger partial charge in [-0.3, -0.25) is 10.2 Å². The molecule has 1 unspecified atom stereocenters. The zero-order chi connectivity index (χ0) is 9.26. The molecule has 0 radical (unpaired) electrons. The van der Waals surface area contributed by atoms with E-state index >= 15 is 0 Å². The molecule has 0 bridgehead atoms. The van der Waals surface area contributed by atoms with Crippen LogP contribution in [0.3, 0.4) is 0 Å². The number of hydrazine groups is 1. The molecule has 3 nitrogen and oxygen atoms in total. The molecule has 2 rings (SSSR count). The van der Waals surface area contributed by atoms with Crippen LogP contribution in [-0.2, 0) is 4.79 Å². The Labute approximate surface area is 84.6 Å². The molecule has 1 fully saturated rings. The Morgan fingerprint density at radius 2 is 2.00 bits per heavy atom. The van der Waals surface area contributed by atoms with E-state index in [1.165, 1.54) is 0 Å². The Bertz CT molecular complexity index is 323. The summed E-state index contributed by atoms with van der Waals surface area (Å²) in [7, 11) is 0. The minimum absolute atomic E-state index is 0.0490. The lowest BCUT2D eigenvalue weighted by atomic mass is 10.1. The average Bonchev–Trinajstić information content (AvgIpc) is 2.53. The first-order valence-corrected chi connectivity index (χ1v) is 4.85. The van der Waals surface area contributed by atoms with Gasteiger partial charge in [-0.2, -0.15) is 0 Å². The number of hydrogen-bond acceptors (Lipinski definition) is 2. The van der Waals surface area contributed by atoms with E-state index in [4.69, 9.17) is 0 Å². The highest BCUT2D eigenvalue weighted by atomic mass is 79.9. The standard InChI is InChI=1S/C9H9BrN2O/c10-7-3-1-6(2-4-7)8-5-9(13)12-11-8/h1-4,8,11H,5H2,(H,12,13). The van der Waals surface area contributed by atoms with Crippen molar-refractivity contribution in [1.82, 2.24) is 10.9 Å². The molecule has 68 valence electrons. The lowest BCUT2D eigenvalue weighted by Gasteiger charge is -2.07. The fourth-order valence-corrected chi connectivity index (χ4v) is 1.62. The summed E-state index contributed by atoms with van der Waals surface area (Å²) in [6.07, 6.45) is 0.516. The molecule has 4 heteroatoms. The summed E-state index contributed by atoms with van der Waals surface area (Å²) in [4.78, 5) is 10.9. The van der Waals surface area contributed by atoms with Crippen LogP contribution in [0.15, 0.2) is 28.7 Å². The van der Waals surface area contributed by atoms with E-state index in [1.807, 2.05) is 24.3 Å². The van der Waals surface area contributed by atoms with Gasteiger partial charge in [-0.05, 0) is 17.7 Å². The summed E-state index contributed by atoms with van der Waals surface area (Å²) in [5, 5.41) is 0. The smallest absolute Gasteiger partial charge is 0.236 e. The summed E-state index contributed by atoms with van der Waals surface area (Å²) in [6.45, 7) is 0. The monoisotopic (exact) mass is 240 g/mol. The quantitative estimate of drug-likeness (QED) is 0.782. The highest BCUT2D eigenvalue weighted by Crippen LogP contribution is 2.21. The highest BCUT2D eigenvalue weighted by Gasteiger charge is 2.21. The number of hydrogen-bond donors (Lipinski definition) is 2. The van der Waals surface area contributed by atoms with E-state index in [0.29, 0.717) is 6.42 Å². The summed E-state index contributed by atoms with van der Waals surface area (Å²) >= 11 is 3.36. The minimum Gasteiger partial charge on any atom is -0.291 e. The van der Waals surface area contributed by atoms with Gasteiger partial charge in [-0.1, -0.05) is 28.1 Å². The highest BCUT2D eigenvalue weighted by molar-refractivity contribution is 9.10. The molecule has 1 amide bonds. The molecule has 1 aromatic carbocycles. The first kappa shape index (κ1) is 8.72. The zero-order valence-corrected chi connectivity index (χ0v) is 8.47. The Kier molecular flexibility index (Phi) is 2.33. The third-order valence-corrected chi connectivity index (χ3v) is 2.58. The van der Waals surface area contributed by atoms with Gasteiger partial charge in [-0.15, -0.1) is 0 Å². The molecule has 1 aliphatic rings. The van der Waals surface area contributed by atoms with Crippen LogP contribution in [0.2, 0.25) is 0 Å². The maximum Gasteiger partial charge on any atom is 0.236 e. The van der Waals surface area contributed by atoms with Crippen LogP contribution >= 0.6 is 15.9 Å². The van der Waals surface area contributed by atoms with Crippen molar-refractivity contribution in [3.05, 3.63) is 34.3 Å². The van der Waals surface area contributed by atoms with Crippen LogP contribution < -0.4 is 10.9 Å². The molecule has 1 saturated heterocycles. The van der Waals surface area contributed by atoms with Crippen LogP contribution in [0.4, 0.5) is 0 Å². The van der Waals surface area contributed by atoms with E-state index in [2.05, 4.69) is 26.8 Å². The second kappa shape index (κ2) is 3.47. The van der Waals surface area contributed by atoms with Crippen LogP contribution in [0.5, 0.6) is 0 Å². The van der Waals surface area contributed by atoms with Gasteiger partial charge in [0, 0.05) is 10.9 Å². The van der Waals surface area contributed by atoms with Crippen molar-refractivity contribution in [2.24, 2.45) is 0 Å². The minimum atomic E-state index is 0.0490. The topological polar surface area (TPSA) is 41.1 Å². The normalized spacial score (nSPS) is 21.6. The number of rotatable bonds is 1. The molecule has 13 heavy (non-hydrogen) atoms. The molecule has 0 aromatic heterocycles. The van der Waals surface area contributed by atoms with Gasteiger partial charge >= 0.3 is 0 Å². The maximum atomic E-state index is 10.9. The SMILES string of the molecule is O=C1CC(c2ccc(Br)cc2)NN1.